The van der Waals surface area contributed by atoms with Crippen molar-refractivity contribution >= 4 is 33.0 Å². The van der Waals surface area contributed by atoms with Crippen molar-refractivity contribution in [2.45, 2.75) is 36.6 Å². The van der Waals surface area contributed by atoms with Crippen LogP contribution in [0.25, 0.3) is 11.1 Å². The number of benzene rings is 3. The summed E-state index contributed by atoms with van der Waals surface area (Å²) in [6, 6.07) is 10.7. The van der Waals surface area contributed by atoms with Crippen LogP contribution >= 0.6 is 11.6 Å². The smallest absolute Gasteiger partial charge is 0.501 e. The number of rotatable bonds is 4. The zero-order valence-electron chi connectivity index (χ0n) is 18.7. The number of sulfone groups is 1. The molecule has 35 heavy (non-hydrogen) atoms. The molecule has 1 amide bonds. The van der Waals surface area contributed by atoms with E-state index in [1.54, 1.807) is 6.07 Å². The SMILES string of the molecule is CC(C)(C)c1cc(-c2ccc(F)cc2)cc(C(=O)Nc2ccc(S(=O)(=O)C(F)(F)F)cc2Cl)c1O. The van der Waals surface area contributed by atoms with Crippen LogP contribution in [0.2, 0.25) is 5.02 Å². The Balaban J connectivity index is 2.05. The highest BCUT2D eigenvalue weighted by Crippen LogP contribution is 2.38. The monoisotopic (exact) mass is 529 g/mol. The second kappa shape index (κ2) is 9.16. The molecule has 0 spiro atoms. The third-order valence-corrected chi connectivity index (χ3v) is 6.94. The normalized spacial score (nSPS) is 12.5. The maximum absolute atomic E-state index is 13.4. The van der Waals surface area contributed by atoms with Gasteiger partial charge in [-0.3, -0.25) is 4.79 Å². The van der Waals surface area contributed by atoms with Crippen molar-refractivity contribution in [3.8, 4) is 16.9 Å². The van der Waals surface area contributed by atoms with Crippen molar-refractivity contribution in [3.63, 3.8) is 0 Å². The molecule has 0 unspecified atom stereocenters. The van der Waals surface area contributed by atoms with Crippen LogP contribution in [0.3, 0.4) is 0 Å². The van der Waals surface area contributed by atoms with E-state index in [-0.39, 0.29) is 17.0 Å². The van der Waals surface area contributed by atoms with Gasteiger partial charge in [0.15, 0.2) is 0 Å². The van der Waals surface area contributed by atoms with Crippen LogP contribution in [0.4, 0.5) is 23.2 Å². The first-order chi connectivity index (χ1) is 16.0. The number of hydrogen-bond acceptors (Lipinski definition) is 4. The first-order valence-corrected chi connectivity index (χ1v) is 11.9. The number of phenolic OH excluding ortho intramolecular Hbond substituents is 1. The van der Waals surface area contributed by atoms with Gasteiger partial charge in [0.25, 0.3) is 15.7 Å². The Morgan fingerprint density at radius 1 is 0.943 bits per heavy atom. The maximum atomic E-state index is 13.4. The Kier molecular flexibility index (Phi) is 6.93. The summed E-state index contributed by atoms with van der Waals surface area (Å²) in [6.07, 6.45) is 0. The molecule has 5 nitrogen and oxygen atoms in total. The number of halogens is 5. The number of amides is 1. The second-order valence-corrected chi connectivity index (χ2v) is 11.1. The Bertz CT molecular complexity index is 1400. The van der Waals surface area contributed by atoms with Crippen LogP contribution in [-0.2, 0) is 15.3 Å². The van der Waals surface area contributed by atoms with E-state index >= 15 is 0 Å². The molecule has 0 aliphatic heterocycles. The largest absolute Gasteiger partial charge is 0.507 e. The van der Waals surface area contributed by atoms with Gasteiger partial charge in [0.2, 0.25) is 0 Å². The van der Waals surface area contributed by atoms with Crippen molar-refractivity contribution in [3.05, 3.63) is 76.6 Å². The highest BCUT2D eigenvalue weighted by molar-refractivity contribution is 7.92. The molecule has 0 fully saturated rings. The van der Waals surface area contributed by atoms with E-state index < -0.39 is 42.4 Å². The van der Waals surface area contributed by atoms with Crippen molar-refractivity contribution in [2.24, 2.45) is 0 Å². The van der Waals surface area contributed by atoms with E-state index in [4.69, 9.17) is 11.6 Å². The van der Waals surface area contributed by atoms with E-state index in [1.807, 2.05) is 20.8 Å². The molecule has 3 rings (SSSR count). The molecule has 0 aromatic heterocycles. The number of carbonyl (C=O) groups excluding carboxylic acids is 1. The maximum Gasteiger partial charge on any atom is 0.501 e. The minimum atomic E-state index is -5.63. The lowest BCUT2D eigenvalue weighted by Crippen LogP contribution is -2.23. The van der Waals surface area contributed by atoms with Gasteiger partial charge in [-0.05, 0) is 59.0 Å². The van der Waals surface area contributed by atoms with E-state index in [1.165, 1.54) is 30.3 Å². The molecule has 3 aromatic carbocycles. The Labute approximate surface area is 204 Å². The van der Waals surface area contributed by atoms with E-state index in [0.717, 1.165) is 6.07 Å². The molecule has 0 aliphatic rings. The minimum absolute atomic E-state index is 0.165. The third kappa shape index (κ3) is 5.43. The fourth-order valence-electron chi connectivity index (χ4n) is 3.28. The summed E-state index contributed by atoms with van der Waals surface area (Å²) in [5.41, 5.74) is -4.94. The van der Waals surface area contributed by atoms with Crippen LogP contribution in [-0.4, -0.2) is 24.9 Å². The Hall–Kier alpha value is -3.11. The lowest BCUT2D eigenvalue weighted by atomic mass is 9.83. The highest BCUT2D eigenvalue weighted by atomic mass is 35.5. The van der Waals surface area contributed by atoms with Gasteiger partial charge in [-0.2, -0.15) is 13.2 Å². The Morgan fingerprint density at radius 3 is 2.06 bits per heavy atom. The zero-order valence-corrected chi connectivity index (χ0v) is 20.2. The first kappa shape index (κ1) is 26.5. The summed E-state index contributed by atoms with van der Waals surface area (Å²) in [6.45, 7) is 5.44. The molecule has 11 heteroatoms. The third-order valence-electron chi connectivity index (χ3n) is 5.14. The van der Waals surface area contributed by atoms with Gasteiger partial charge in [0, 0.05) is 5.56 Å². The van der Waals surface area contributed by atoms with Gasteiger partial charge in [-0.15, -0.1) is 0 Å². The quantitative estimate of drug-likeness (QED) is 0.369. The van der Waals surface area contributed by atoms with E-state index in [0.29, 0.717) is 28.8 Å². The fraction of sp³-hybridized carbons (Fsp3) is 0.208. The highest BCUT2D eigenvalue weighted by Gasteiger charge is 2.47. The summed E-state index contributed by atoms with van der Waals surface area (Å²) in [4.78, 5) is 12.0. The number of alkyl halides is 3. The van der Waals surface area contributed by atoms with Gasteiger partial charge in [-0.25, -0.2) is 12.8 Å². The predicted octanol–water partition coefficient (Wildman–Crippen LogP) is 6.70. The molecule has 0 radical (unpaired) electrons. The standard InChI is InChI=1S/C24H20ClF4NO4S/c1-23(2,3)18-11-14(13-4-6-15(26)7-5-13)10-17(21(18)31)22(32)30-20-9-8-16(12-19(20)25)35(33,34)24(27,28)29/h4-12,31H,1-3H3,(H,30,32). The van der Waals surface area contributed by atoms with E-state index in [9.17, 15) is 35.9 Å². The van der Waals surface area contributed by atoms with Crippen LogP contribution < -0.4 is 5.32 Å². The summed E-state index contributed by atoms with van der Waals surface area (Å²) in [5, 5.41) is 12.8. The van der Waals surface area contributed by atoms with Crippen LogP contribution in [0, 0.1) is 5.82 Å². The molecule has 0 saturated heterocycles. The molecule has 0 atom stereocenters. The fourth-order valence-corrected chi connectivity index (χ4v) is 4.36. The second-order valence-electron chi connectivity index (χ2n) is 8.72. The summed E-state index contributed by atoms with van der Waals surface area (Å²) < 4.78 is 75.0. The lowest BCUT2D eigenvalue weighted by Gasteiger charge is -2.23. The van der Waals surface area contributed by atoms with Gasteiger partial charge < -0.3 is 10.4 Å². The van der Waals surface area contributed by atoms with Gasteiger partial charge in [-0.1, -0.05) is 44.5 Å². The van der Waals surface area contributed by atoms with E-state index in [2.05, 4.69) is 5.32 Å². The number of phenols is 1. The number of hydrogen-bond donors (Lipinski definition) is 2. The zero-order chi connectivity index (χ0) is 26.3. The minimum Gasteiger partial charge on any atom is -0.507 e. The molecule has 0 heterocycles. The first-order valence-electron chi connectivity index (χ1n) is 10.1. The average molecular weight is 530 g/mol. The number of carbonyl (C=O) groups is 1. The molecule has 0 saturated carbocycles. The average Bonchev–Trinajstić information content (AvgIpc) is 2.74. The molecule has 3 aromatic rings. The van der Waals surface area contributed by atoms with Crippen LogP contribution in [0.1, 0.15) is 36.7 Å². The molecular weight excluding hydrogens is 510 g/mol. The number of aromatic hydroxyl groups is 1. The Morgan fingerprint density at radius 2 is 1.54 bits per heavy atom. The van der Waals surface area contributed by atoms with Crippen molar-refractivity contribution in [2.75, 3.05) is 5.32 Å². The lowest BCUT2D eigenvalue weighted by molar-refractivity contribution is -0.0436. The van der Waals surface area contributed by atoms with Gasteiger partial charge >= 0.3 is 5.51 Å². The summed E-state index contributed by atoms with van der Waals surface area (Å²) >= 11 is 5.96. The molecule has 0 aliphatic carbocycles. The summed E-state index contributed by atoms with van der Waals surface area (Å²) in [5.74, 6) is -1.62. The number of anilines is 1. The van der Waals surface area contributed by atoms with Crippen molar-refractivity contribution < 1.29 is 35.9 Å². The molecule has 0 bridgehead atoms. The molecule has 2 N–H and O–H groups in total. The number of nitrogens with one attached hydrogen (secondary N) is 1. The van der Waals surface area contributed by atoms with Gasteiger partial charge in [0.1, 0.15) is 11.6 Å². The van der Waals surface area contributed by atoms with Crippen LogP contribution in [0.5, 0.6) is 5.75 Å². The van der Waals surface area contributed by atoms with Crippen molar-refractivity contribution in [1.29, 1.82) is 0 Å². The molecule has 186 valence electrons. The summed E-state index contributed by atoms with van der Waals surface area (Å²) in [7, 11) is -5.63. The van der Waals surface area contributed by atoms with Crippen LogP contribution in [0.15, 0.2) is 59.5 Å². The topological polar surface area (TPSA) is 83.5 Å². The van der Waals surface area contributed by atoms with Crippen molar-refractivity contribution in [1.82, 2.24) is 0 Å². The predicted molar refractivity (Wildman–Crippen MR) is 125 cm³/mol. The molecular formula is C24H20ClF4NO4S. The van der Waals surface area contributed by atoms with Gasteiger partial charge in [0.05, 0.1) is 21.2 Å².